The van der Waals surface area contributed by atoms with E-state index in [1.165, 1.54) is 12.0 Å². The zero-order valence-corrected chi connectivity index (χ0v) is 7.40. The third kappa shape index (κ3) is 1.87. The molecule has 10 heavy (non-hydrogen) atoms. The van der Waals surface area contributed by atoms with E-state index in [1.807, 2.05) is 0 Å². The summed E-state index contributed by atoms with van der Waals surface area (Å²) in [6.07, 6.45) is 1.19. The molecule has 0 bridgehead atoms. The summed E-state index contributed by atoms with van der Waals surface area (Å²) in [4.78, 5) is 0. The van der Waals surface area contributed by atoms with Crippen molar-refractivity contribution in [3.8, 4) is 0 Å². The fraction of sp³-hybridized carbons (Fsp3) is 0.333. The van der Waals surface area contributed by atoms with Gasteiger partial charge in [0.15, 0.2) is 0 Å². The van der Waals surface area contributed by atoms with Gasteiger partial charge in [-0.15, -0.1) is 0 Å². The molecule has 0 spiro atoms. The van der Waals surface area contributed by atoms with E-state index in [0.29, 0.717) is 4.78 Å². The van der Waals surface area contributed by atoms with Crippen molar-refractivity contribution in [3.63, 3.8) is 0 Å². The predicted molar refractivity (Wildman–Crippen MR) is 47.3 cm³/mol. The molecule has 52 valence electrons. The van der Waals surface area contributed by atoms with Gasteiger partial charge < -0.3 is 0 Å². The Morgan fingerprint density at radius 1 is 1.40 bits per heavy atom. The molecule has 1 rings (SSSR count). The molecule has 0 aromatic heterocycles. The fourth-order valence-corrected chi connectivity index (χ4v) is 1.16. The molecule has 0 saturated heterocycles. The minimum atomic E-state index is 0. The van der Waals surface area contributed by atoms with Gasteiger partial charge in [-0.05, 0) is 0 Å². The number of rotatable bonds is 2. The van der Waals surface area contributed by atoms with Gasteiger partial charge in [0.05, 0.1) is 0 Å². The predicted octanol–water partition coefficient (Wildman–Crippen LogP) is 2.55. The van der Waals surface area contributed by atoms with E-state index in [9.17, 15) is 0 Å². The van der Waals surface area contributed by atoms with E-state index in [0.717, 1.165) is 0 Å². The number of hydrogen-bond donors (Lipinski definition) is 0. The van der Waals surface area contributed by atoms with Crippen LogP contribution >= 0.6 is 0 Å². The highest BCUT2D eigenvalue weighted by molar-refractivity contribution is 6.12. The third-order valence-electron chi connectivity index (χ3n) is 1.67. The maximum Gasteiger partial charge on any atom is 0.131 e. The van der Waals surface area contributed by atoms with Gasteiger partial charge in [0, 0.05) is 1.43 Å². The van der Waals surface area contributed by atoms with Gasteiger partial charge in [0.2, 0.25) is 0 Å². The minimum Gasteiger partial charge on any atom is -0.0842 e. The molecular formula is C9H13Al. The first-order valence-electron chi connectivity index (χ1n) is 3.65. The van der Waals surface area contributed by atoms with Crippen LogP contribution in [0.25, 0.3) is 0 Å². The lowest BCUT2D eigenvalue weighted by Gasteiger charge is -2.07. The molecule has 0 nitrogen and oxygen atoms in total. The molecule has 0 saturated carbocycles. The van der Waals surface area contributed by atoms with Gasteiger partial charge in [-0.2, -0.15) is 0 Å². The molecule has 0 heterocycles. The molecule has 0 fully saturated rings. The van der Waals surface area contributed by atoms with Crippen LogP contribution in [0, 0.1) is 0 Å². The van der Waals surface area contributed by atoms with Crippen LogP contribution in [-0.4, -0.2) is 16.3 Å². The number of hydrogen-bond acceptors (Lipinski definition) is 0. The van der Waals surface area contributed by atoms with Crippen molar-refractivity contribution in [3.05, 3.63) is 35.9 Å². The highest BCUT2D eigenvalue weighted by atomic mass is 27.0. The van der Waals surface area contributed by atoms with Crippen molar-refractivity contribution < 1.29 is 1.43 Å². The second kappa shape index (κ2) is 3.81. The highest BCUT2D eigenvalue weighted by Crippen LogP contribution is 2.13. The maximum atomic E-state index is 2.85. The van der Waals surface area contributed by atoms with Crippen LogP contribution in [0.3, 0.4) is 0 Å². The lowest BCUT2D eigenvalue weighted by atomic mass is 10.1. The smallest absolute Gasteiger partial charge is 0.0842 e. The molecule has 1 aromatic rings. The van der Waals surface area contributed by atoms with Gasteiger partial charge in [0.25, 0.3) is 0 Å². The zero-order valence-electron chi connectivity index (χ0n) is 6.25. The molecule has 0 aliphatic carbocycles. The fourth-order valence-electron chi connectivity index (χ4n) is 0.936. The molecule has 2 radical (unpaired) electrons. The molecule has 1 unspecified atom stereocenters. The van der Waals surface area contributed by atoms with Crippen LogP contribution in [0.1, 0.15) is 25.1 Å². The van der Waals surface area contributed by atoms with Crippen LogP contribution in [0.5, 0.6) is 0 Å². The van der Waals surface area contributed by atoms with Crippen LogP contribution in [0.15, 0.2) is 30.3 Å². The summed E-state index contributed by atoms with van der Waals surface area (Å²) in [5.74, 6) is 0. The summed E-state index contributed by atoms with van der Waals surface area (Å²) in [5, 5.41) is 0. The monoisotopic (exact) mass is 148 g/mol. The van der Waals surface area contributed by atoms with E-state index in [1.54, 1.807) is 0 Å². The molecule has 0 aliphatic heterocycles. The van der Waals surface area contributed by atoms with Crippen LogP contribution in [0.2, 0.25) is 0 Å². The molecule has 0 aliphatic rings. The Morgan fingerprint density at radius 2 is 2.00 bits per heavy atom. The Hall–Kier alpha value is -0.248. The summed E-state index contributed by atoms with van der Waals surface area (Å²) in [5.41, 5.74) is 1.41. The SMILES string of the molecule is CC[CH]([Al])c1ccccc1.[HH]. The van der Waals surface area contributed by atoms with Gasteiger partial charge in [-0.25, -0.2) is 0 Å². The molecule has 1 heteroatoms. The lowest BCUT2D eigenvalue weighted by Crippen LogP contribution is -1.94. The molecule has 1 aromatic carbocycles. The summed E-state index contributed by atoms with van der Waals surface area (Å²) in [7, 11) is 0. The van der Waals surface area contributed by atoms with E-state index in [4.69, 9.17) is 0 Å². The number of benzene rings is 1. The first-order chi connectivity index (χ1) is 4.84. The van der Waals surface area contributed by atoms with Crippen LogP contribution < -0.4 is 0 Å². The van der Waals surface area contributed by atoms with E-state index >= 15 is 0 Å². The average molecular weight is 148 g/mol. The molecular weight excluding hydrogens is 135 g/mol. The average Bonchev–Trinajstić information content (AvgIpc) is 2.05. The first-order valence-corrected chi connectivity index (χ1v) is 4.31. The topological polar surface area (TPSA) is 0 Å². The Bertz CT molecular complexity index is 186. The summed E-state index contributed by atoms with van der Waals surface area (Å²) >= 11 is 2.85. The summed E-state index contributed by atoms with van der Waals surface area (Å²) in [6, 6.07) is 10.6. The van der Waals surface area contributed by atoms with Crippen molar-refractivity contribution in [1.82, 2.24) is 0 Å². The zero-order chi connectivity index (χ0) is 7.40. The highest BCUT2D eigenvalue weighted by Gasteiger charge is 1.97. The quantitative estimate of drug-likeness (QED) is 0.565. The molecule has 0 N–H and O–H groups in total. The van der Waals surface area contributed by atoms with Crippen molar-refractivity contribution in [2.75, 3.05) is 0 Å². The van der Waals surface area contributed by atoms with Crippen LogP contribution in [-0.2, 0) is 0 Å². The van der Waals surface area contributed by atoms with E-state index < -0.39 is 0 Å². The Kier molecular flexibility index (Phi) is 2.99. The standard InChI is InChI=1S/C9H11.Al.H2/c1-2-6-9-7-4-3-5-8-9;;/h3-8H,2H2,1H3;;1H. The summed E-state index contributed by atoms with van der Waals surface area (Å²) in [6.45, 7) is 2.20. The van der Waals surface area contributed by atoms with E-state index in [-0.39, 0.29) is 1.43 Å². The normalized spacial score (nSPS) is 12.9. The second-order valence-electron chi connectivity index (χ2n) is 2.43. The van der Waals surface area contributed by atoms with Crippen molar-refractivity contribution in [2.45, 2.75) is 18.1 Å². The lowest BCUT2D eigenvalue weighted by molar-refractivity contribution is 0.882. The summed E-state index contributed by atoms with van der Waals surface area (Å²) < 4.78 is 0.626. The van der Waals surface area contributed by atoms with Gasteiger partial charge >= 0.3 is 0 Å². The first kappa shape index (κ1) is 7.86. The Morgan fingerprint density at radius 3 is 2.50 bits per heavy atom. The van der Waals surface area contributed by atoms with E-state index in [2.05, 4.69) is 53.5 Å². The van der Waals surface area contributed by atoms with Crippen molar-refractivity contribution >= 4 is 16.3 Å². The third-order valence-corrected chi connectivity index (χ3v) is 2.52. The van der Waals surface area contributed by atoms with Crippen LogP contribution in [0.4, 0.5) is 0 Å². The van der Waals surface area contributed by atoms with Gasteiger partial charge in [-0.1, -0.05) is 54.0 Å². The largest absolute Gasteiger partial charge is 0.131 e. The van der Waals surface area contributed by atoms with Crippen molar-refractivity contribution in [2.24, 2.45) is 0 Å². The van der Waals surface area contributed by atoms with Gasteiger partial charge in [-0.3, -0.25) is 0 Å². The Labute approximate surface area is 72.2 Å². The molecule has 0 amide bonds. The maximum absolute atomic E-state index is 2.85. The Balaban J connectivity index is 0.000001000. The van der Waals surface area contributed by atoms with Crippen molar-refractivity contribution in [1.29, 1.82) is 0 Å². The minimum absolute atomic E-state index is 0. The second-order valence-corrected chi connectivity index (χ2v) is 3.23. The van der Waals surface area contributed by atoms with Gasteiger partial charge in [0.1, 0.15) is 16.3 Å². The molecule has 1 atom stereocenters.